The first-order chi connectivity index (χ1) is 11.7. The molecule has 1 aliphatic heterocycles. The fourth-order valence-electron chi connectivity index (χ4n) is 3.02. The molecule has 0 unspecified atom stereocenters. The number of hydrogen-bond acceptors (Lipinski definition) is 5. The molecular formula is C19H30N2O4. The number of nitrogens with zero attached hydrogens (tertiary/aromatic N) is 2. The van der Waals surface area contributed by atoms with E-state index in [9.17, 15) is 9.90 Å². The van der Waals surface area contributed by atoms with Gasteiger partial charge in [0.2, 0.25) is 0 Å². The van der Waals surface area contributed by atoms with Gasteiger partial charge in [-0.25, -0.2) is 4.79 Å². The van der Waals surface area contributed by atoms with Crippen LogP contribution in [0.4, 0.5) is 4.79 Å². The number of rotatable bonds is 5. The molecule has 1 N–H and O–H groups in total. The summed E-state index contributed by atoms with van der Waals surface area (Å²) in [5, 5.41) is 10.3. The van der Waals surface area contributed by atoms with Crippen LogP contribution in [0.3, 0.4) is 0 Å². The fourth-order valence-corrected chi connectivity index (χ4v) is 3.02. The van der Waals surface area contributed by atoms with Crippen molar-refractivity contribution >= 4 is 6.09 Å². The van der Waals surface area contributed by atoms with Crippen LogP contribution in [0.15, 0.2) is 24.3 Å². The van der Waals surface area contributed by atoms with E-state index in [0.717, 1.165) is 12.3 Å². The molecule has 0 saturated carbocycles. The largest absolute Gasteiger partial charge is 0.497 e. The maximum atomic E-state index is 12.2. The van der Waals surface area contributed by atoms with E-state index in [1.54, 1.807) is 12.0 Å². The van der Waals surface area contributed by atoms with Gasteiger partial charge in [-0.05, 0) is 45.5 Å². The first kappa shape index (κ1) is 19.5. The molecular weight excluding hydrogens is 320 g/mol. The highest BCUT2D eigenvalue weighted by Gasteiger charge is 2.36. The average molecular weight is 350 g/mol. The number of carbonyl (C=O) groups excluding carboxylic acids is 1. The molecule has 1 aliphatic rings. The lowest BCUT2D eigenvalue weighted by Gasteiger charge is -2.25. The molecule has 140 valence electrons. The number of likely N-dealkylation sites (tertiary alicyclic amines) is 1. The normalized spacial score (nSPS) is 20.8. The van der Waals surface area contributed by atoms with Crippen molar-refractivity contribution in [2.45, 2.75) is 39.0 Å². The van der Waals surface area contributed by atoms with Crippen molar-refractivity contribution in [2.24, 2.45) is 5.92 Å². The second kappa shape index (κ2) is 8.06. The van der Waals surface area contributed by atoms with Gasteiger partial charge < -0.3 is 24.4 Å². The summed E-state index contributed by atoms with van der Waals surface area (Å²) in [5.74, 6) is 0.862. The van der Waals surface area contributed by atoms with Gasteiger partial charge in [0, 0.05) is 25.6 Å². The van der Waals surface area contributed by atoms with Crippen LogP contribution in [-0.4, -0.2) is 66.5 Å². The summed E-state index contributed by atoms with van der Waals surface area (Å²) in [6, 6.07) is 7.95. The molecule has 25 heavy (non-hydrogen) atoms. The van der Waals surface area contributed by atoms with Crippen molar-refractivity contribution in [1.82, 2.24) is 9.80 Å². The highest BCUT2D eigenvalue weighted by Crippen LogP contribution is 2.21. The predicted molar refractivity (Wildman–Crippen MR) is 96.6 cm³/mol. The Labute approximate surface area is 150 Å². The Balaban J connectivity index is 1.85. The number of benzene rings is 1. The third-order valence-electron chi connectivity index (χ3n) is 4.22. The highest BCUT2D eigenvalue weighted by molar-refractivity contribution is 5.68. The van der Waals surface area contributed by atoms with Crippen molar-refractivity contribution in [3.8, 4) is 5.75 Å². The highest BCUT2D eigenvalue weighted by atomic mass is 16.6. The second-order valence-corrected chi connectivity index (χ2v) is 7.76. The lowest BCUT2D eigenvalue weighted by atomic mass is 10.1. The monoisotopic (exact) mass is 350 g/mol. The molecule has 0 aliphatic carbocycles. The van der Waals surface area contributed by atoms with Gasteiger partial charge in [-0.15, -0.1) is 0 Å². The molecule has 1 amide bonds. The minimum absolute atomic E-state index is 0.0239. The number of aliphatic hydroxyl groups excluding tert-OH is 1. The van der Waals surface area contributed by atoms with Gasteiger partial charge in [0.15, 0.2) is 0 Å². The van der Waals surface area contributed by atoms with Gasteiger partial charge in [-0.2, -0.15) is 0 Å². The van der Waals surface area contributed by atoms with Crippen LogP contribution in [0.5, 0.6) is 5.75 Å². The van der Waals surface area contributed by atoms with Gasteiger partial charge in [0.05, 0.1) is 19.8 Å². The van der Waals surface area contributed by atoms with Crippen molar-refractivity contribution in [3.63, 3.8) is 0 Å². The van der Waals surface area contributed by atoms with Crippen LogP contribution in [0.1, 0.15) is 26.3 Å². The molecule has 0 spiro atoms. The van der Waals surface area contributed by atoms with Crippen molar-refractivity contribution in [3.05, 3.63) is 29.8 Å². The number of ether oxygens (including phenoxy) is 2. The minimum Gasteiger partial charge on any atom is -0.497 e. The lowest BCUT2D eigenvalue weighted by molar-refractivity contribution is 0.0269. The molecule has 6 heteroatoms. The van der Waals surface area contributed by atoms with Gasteiger partial charge in [-0.1, -0.05) is 12.1 Å². The summed E-state index contributed by atoms with van der Waals surface area (Å²) < 4.78 is 10.6. The number of aliphatic hydroxyl groups is 1. The molecule has 0 aromatic heterocycles. The Kier molecular flexibility index (Phi) is 6.30. The summed E-state index contributed by atoms with van der Waals surface area (Å²) in [4.78, 5) is 15.9. The number of methoxy groups -OCH3 is 1. The molecule has 1 fully saturated rings. The molecule has 0 radical (unpaired) electrons. The van der Waals surface area contributed by atoms with Crippen molar-refractivity contribution in [2.75, 3.05) is 33.8 Å². The molecule has 2 atom stereocenters. The average Bonchev–Trinajstić information content (AvgIpc) is 2.87. The molecule has 1 saturated heterocycles. The van der Waals surface area contributed by atoms with E-state index in [2.05, 4.69) is 4.90 Å². The third kappa shape index (κ3) is 5.90. The molecule has 1 heterocycles. The van der Waals surface area contributed by atoms with Crippen molar-refractivity contribution in [1.29, 1.82) is 0 Å². The molecule has 1 aromatic rings. The van der Waals surface area contributed by atoms with E-state index in [-0.39, 0.29) is 12.0 Å². The molecule has 1 aromatic carbocycles. The minimum atomic E-state index is -0.523. The summed E-state index contributed by atoms with van der Waals surface area (Å²) in [6.45, 7) is 7.87. The molecule has 0 bridgehead atoms. The van der Waals surface area contributed by atoms with Crippen LogP contribution in [-0.2, 0) is 11.3 Å². The quantitative estimate of drug-likeness (QED) is 0.883. The topological polar surface area (TPSA) is 62.2 Å². The number of β-amino-alcohol motifs (C(OH)–C–C–N with tert-alkyl or cyclic N) is 1. The predicted octanol–water partition coefficient (Wildman–Crippen LogP) is 2.35. The summed E-state index contributed by atoms with van der Waals surface area (Å²) in [7, 11) is 3.67. The van der Waals surface area contributed by atoms with E-state index in [4.69, 9.17) is 9.47 Å². The van der Waals surface area contributed by atoms with E-state index in [1.165, 1.54) is 5.56 Å². The number of amides is 1. The Morgan fingerprint density at radius 2 is 1.92 bits per heavy atom. The Bertz CT molecular complexity index is 568. The number of hydrogen-bond donors (Lipinski definition) is 1. The SMILES string of the molecule is COc1ccc(CN(C)C[C@H]2CN(C(=O)OC(C)(C)C)C[C@@H]2O)cc1. The zero-order chi connectivity index (χ0) is 18.6. The van der Waals surface area contributed by atoms with Gasteiger partial charge in [0.25, 0.3) is 0 Å². The Morgan fingerprint density at radius 3 is 2.48 bits per heavy atom. The zero-order valence-corrected chi connectivity index (χ0v) is 15.9. The zero-order valence-electron chi connectivity index (χ0n) is 15.9. The second-order valence-electron chi connectivity index (χ2n) is 7.76. The van der Waals surface area contributed by atoms with Crippen LogP contribution in [0, 0.1) is 5.92 Å². The maximum Gasteiger partial charge on any atom is 0.410 e. The number of carbonyl (C=O) groups is 1. The summed E-state index contributed by atoms with van der Waals surface area (Å²) in [6.07, 6.45) is -0.877. The van der Waals surface area contributed by atoms with Gasteiger partial charge in [-0.3, -0.25) is 0 Å². The van der Waals surface area contributed by atoms with E-state index >= 15 is 0 Å². The maximum absolute atomic E-state index is 12.2. The summed E-state index contributed by atoms with van der Waals surface area (Å²) in [5.41, 5.74) is 0.658. The third-order valence-corrected chi connectivity index (χ3v) is 4.22. The van der Waals surface area contributed by atoms with Gasteiger partial charge in [0.1, 0.15) is 11.4 Å². The van der Waals surface area contributed by atoms with E-state index in [1.807, 2.05) is 52.1 Å². The van der Waals surface area contributed by atoms with Crippen molar-refractivity contribution < 1.29 is 19.4 Å². The van der Waals surface area contributed by atoms with E-state index < -0.39 is 11.7 Å². The van der Waals surface area contributed by atoms with Crippen LogP contribution < -0.4 is 4.74 Å². The van der Waals surface area contributed by atoms with Gasteiger partial charge >= 0.3 is 6.09 Å². The Morgan fingerprint density at radius 1 is 1.28 bits per heavy atom. The summed E-state index contributed by atoms with van der Waals surface area (Å²) >= 11 is 0. The van der Waals surface area contributed by atoms with Crippen LogP contribution >= 0.6 is 0 Å². The Hall–Kier alpha value is -1.79. The fraction of sp³-hybridized carbons (Fsp3) is 0.632. The van der Waals surface area contributed by atoms with E-state index in [0.29, 0.717) is 19.6 Å². The molecule has 2 rings (SSSR count). The first-order valence-electron chi connectivity index (χ1n) is 8.65. The smallest absolute Gasteiger partial charge is 0.410 e. The van der Waals surface area contributed by atoms with Crippen LogP contribution in [0.2, 0.25) is 0 Å². The molecule has 6 nitrogen and oxygen atoms in total. The lowest BCUT2D eigenvalue weighted by Crippen LogP contribution is -2.36. The standard InChI is InChI=1S/C19H30N2O4/c1-19(2,3)25-18(23)21-12-15(17(22)13-21)11-20(4)10-14-6-8-16(24-5)9-7-14/h6-9,15,17,22H,10-13H2,1-5H3/t15-,17-/m0/s1. The first-order valence-corrected chi connectivity index (χ1v) is 8.65. The van der Waals surface area contributed by atoms with Crippen LogP contribution in [0.25, 0.3) is 0 Å².